The van der Waals surface area contributed by atoms with Crippen molar-refractivity contribution in [2.45, 2.75) is 44.7 Å². The third-order valence-electron chi connectivity index (χ3n) is 4.59. The molecule has 6 heteroatoms. The average molecular weight is 336 g/mol. The summed E-state index contributed by atoms with van der Waals surface area (Å²) < 4.78 is 22.7. The minimum atomic E-state index is -0.856. The molecule has 2 saturated heterocycles. The molecule has 0 radical (unpaired) electrons. The van der Waals surface area contributed by atoms with E-state index in [-0.39, 0.29) is 18.3 Å². The Morgan fingerprint density at radius 2 is 1.92 bits per heavy atom. The van der Waals surface area contributed by atoms with Gasteiger partial charge in [0.25, 0.3) is 0 Å². The predicted molar refractivity (Wildman–Crippen MR) is 85.0 cm³/mol. The third kappa shape index (κ3) is 3.25. The van der Waals surface area contributed by atoms with Crippen molar-refractivity contribution in [2.24, 2.45) is 11.8 Å². The van der Waals surface area contributed by atoms with Crippen molar-refractivity contribution in [3.63, 3.8) is 0 Å². The first-order valence-electron chi connectivity index (χ1n) is 8.25. The van der Waals surface area contributed by atoms with E-state index < -0.39 is 36.8 Å². The Labute approximate surface area is 141 Å². The number of hydrogen-bond donors (Lipinski definition) is 1. The zero-order valence-electron chi connectivity index (χ0n) is 14.1. The maximum atomic E-state index is 13.0. The molecule has 0 bridgehead atoms. The molecule has 0 amide bonds. The summed E-state index contributed by atoms with van der Waals surface area (Å²) in [5.74, 6) is -1.06. The number of aliphatic hydroxyl groups excluding tert-OH is 1. The summed E-state index contributed by atoms with van der Waals surface area (Å²) >= 11 is 0. The number of Topliss-reactive ketones (excluding diaryl/α,β-unsaturated/α-hetero) is 1. The maximum Gasteiger partial charge on any atom is 0.184 e. The Bertz CT molecular complexity index is 560. The average Bonchev–Trinajstić information content (AvgIpc) is 2.61. The zero-order chi connectivity index (χ0) is 17.3. The lowest BCUT2D eigenvalue weighted by atomic mass is 9.83. The van der Waals surface area contributed by atoms with Crippen LogP contribution in [0.25, 0.3) is 0 Å². The van der Waals surface area contributed by atoms with E-state index in [0.29, 0.717) is 0 Å². The largest absolute Gasteiger partial charge is 0.392 e. The second kappa shape index (κ2) is 7.29. The van der Waals surface area contributed by atoms with Crippen LogP contribution in [0.15, 0.2) is 30.3 Å². The summed E-state index contributed by atoms with van der Waals surface area (Å²) in [4.78, 5) is 13.0. The quantitative estimate of drug-likeness (QED) is 0.902. The molecule has 24 heavy (non-hydrogen) atoms. The van der Waals surface area contributed by atoms with E-state index in [2.05, 4.69) is 0 Å². The number of ketones is 1. The molecule has 1 aromatic carbocycles. The fraction of sp³-hybridized carbons (Fsp3) is 0.611. The van der Waals surface area contributed by atoms with Gasteiger partial charge in [-0.15, -0.1) is 0 Å². The summed E-state index contributed by atoms with van der Waals surface area (Å²) in [6, 6.07) is 9.45. The van der Waals surface area contributed by atoms with E-state index in [9.17, 15) is 9.90 Å². The third-order valence-corrected chi connectivity index (χ3v) is 4.59. The molecule has 0 aliphatic carbocycles. The van der Waals surface area contributed by atoms with Crippen LogP contribution in [-0.2, 0) is 23.7 Å². The highest BCUT2D eigenvalue weighted by Crippen LogP contribution is 2.36. The summed E-state index contributed by atoms with van der Waals surface area (Å²) in [5.41, 5.74) is 0.846. The van der Waals surface area contributed by atoms with Crippen molar-refractivity contribution in [3.05, 3.63) is 35.9 Å². The number of carbonyl (C=O) groups is 1. The number of carbonyl (C=O) groups excluding carboxylic acids is 1. The van der Waals surface area contributed by atoms with E-state index in [1.165, 1.54) is 7.11 Å². The molecule has 2 aliphatic heterocycles. The van der Waals surface area contributed by atoms with E-state index >= 15 is 0 Å². The smallest absolute Gasteiger partial charge is 0.184 e. The second-order valence-corrected chi connectivity index (χ2v) is 6.57. The zero-order valence-corrected chi connectivity index (χ0v) is 14.1. The van der Waals surface area contributed by atoms with Crippen LogP contribution in [0.4, 0.5) is 0 Å². The van der Waals surface area contributed by atoms with Crippen LogP contribution >= 0.6 is 0 Å². The van der Waals surface area contributed by atoms with Gasteiger partial charge in [-0.25, -0.2) is 0 Å². The topological polar surface area (TPSA) is 74.2 Å². The molecule has 0 aromatic heterocycles. The summed E-state index contributed by atoms with van der Waals surface area (Å²) in [6.07, 6.45) is -3.57. The van der Waals surface area contributed by atoms with E-state index in [1.54, 1.807) is 0 Å². The van der Waals surface area contributed by atoms with Crippen LogP contribution in [-0.4, -0.2) is 49.2 Å². The lowest BCUT2D eigenvalue weighted by molar-refractivity contribution is -0.314. The van der Waals surface area contributed by atoms with Crippen LogP contribution in [0.5, 0.6) is 0 Å². The SMILES string of the molecule is CO[C@H]1O[C@@H]2CO[C@@H](c3ccccc3)O[C@H]2C(=O)[C@@H]1[C@@H](O)C(C)C. The summed E-state index contributed by atoms with van der Waals surface area (Å²) in [7, 11) is 1.47. The van der Waals surface area contributed by atoms with Crippen molar-refractivity contribution in [1.29, 1.82) is 0 Å². The Kier molecular flexibility index (Phi) is 5.32. The molecule has 2 heterocycles. The van der Waals surface area contributed by atoms with Gasteiger partial charge in [0, 0.05) is 12.7 Å². The van der Waals surface area contributed by atoms with Crippen LogP contribution in [0.1, 0.15) is 25.7 Å². The molecular weight excluding hydrogens is 312 g/mol. The fourth-order valence-corrected chi connectivity index (χ4v) is 3.20. The number of benzene rings is 1. The Balaban J connectivity index is 1.80. The molecule has 2 aliphatic rings. The molecule has 1 N–H and O–H groups in total. The first kappa shape index (κ1) is 17.5. The van der Waals surface area contributed by atoms with Gasteiger partial charge in [-0.3, -0.25) is 4.79 Å². The van der Waals surface area contributed by atoms with E-state index in [4.69, 9.17) is 18.9 Å². The minimum Gasteiger partial charge on any atom is -0.392 e. The van der Waals surface area contributed by atoms with Gasteiger partial charge in [0.15, 0.2) is 18.4 Å². The van der Waals surface area contributed by atoms with Crippen LogP contribution in [0.3, 0.4) is 0 Å². The summed E-state index contributed by atoms with van der Waals surface area (Å²) in [6.45, 7) is 3.95. The van der Waals surface area contributed by atoms with Crippen molar-refractivity contribution in [1.82, 2.24) is 0 Å². The van der Waals surface area contributed by atoms with E-state index in [1.807, 2.05) is 44.2 Å². The highest BCUT2D eigenvalue weighted by atomic mass is 16.7. The van der Waals surface area contributed by atoms with Crippen molar-refractivity contribution in [2.75, 3.05) is 13.7 Å². The normalized spacial score (nSPS) is 34.9. The molecule has 132 valence electrons. The van der Waals surface area contributed by atoms with Crippen molar-refractivity contribution >= 4 is 5.78 Å². The van der Waals surface area contributed by atoms with Gasteiger partial charge in [0.1, 0.15) is 12.2 Å². The van der Waals surface area contributed by atoms with Gasteiger partial charge in [-0.05, 0) is 5.92 Å². The number of rotatable bonds is 4. The molecular formula is C18H24O6. The second-order valence-electron chi connectivity index (χ2n) is 6.57. The lowest BCUT2D eigenvalue weighted by Gasteiger charge is -2.45. The maximum absolute atomic E-state index is 13.0. The van der Waals surface area contributed by atoms with Gasteiger partial charge in [-0.2, -0.15) is 0 Å². The van der Waals surface area contributed by atoms with Crippen LogP contribution in [0.2, 0.25) is 0 Å². The fourth-order valence-electron chi connectivity index (χ4n) is 3.20. The van der Waals surface area contributed by atoms with Gasteiger partial charge in [0.05, 0.1) is 18.6 Å². The number of hydrogen-bond acceptors (Lipinski definition) is 6. The highest BCUT2D eigenvalue weighted by Gasteiger charge is 2.52. The monoisotopic (exact) mass is 336 g/mol. The van der Waals surface area contributed by atoms with Gasteiger partial charge >= 0.3 is 0 Å². The number of aliphatic hydroxyl groups is 1. The standard InChI is InChI=1S/C18H24O6/c1-10(2)14(19)13-15(20)16-12(23-18(13)21-3)9-22-17(24-16)11-7-5-4-6-8-11/h4-8,10,12-14,16-19H,9H2,1-3H3/t12-,13+,14+,16-,17-,18+/m1/s1. The Hall–Kier alpha value is -1.31. The molecule has 6 nitrogen and oxygen atoms in total. The highest BCUT2D eigenvalue weighted by molar-refractivity contribution is 5.87. The first-order valence-corrected chi connectivity index (χ1v) is 8.25. The lowest BCUT2D eigenvalue weighted by Crippen LogP contribution is -2.60. The Morgan fingerprint density at radius 1 is 1.21 bits per heavy atom. The van der Waals surface area contributed by atoms with Gasteiger partial charge in [0.2, 0.25) is 0 Å². The molecule has 0 spiro atoms. The first-order chi connectivity index (χ1) is 11.5. The number of fused-ring (bicyclic) bond motifs is 1. The molecule has 6 atom stereocenters. The number of methoxy groups -OCH3 is 1. The van der Waals surface area contributed by atoms with Crippen molar-refractivity contribution in [3.8, 4) is 0 Å². The van der Waals surface area contributed by atoms with Crippen LogP contribution in [0, 0.1) is 11.8 Å². The van der Waals surface area contributed by atoms with Crippen LogP contribution < -0.4 is 0 Å². The molecule has 0 saturated carbocycles. The molecule has 0 unspecified atom stereocenters. The van der Waals surface area contributed by atoms with Gasteiger partial charge < -0.3 is 24.1 Å². The molecule has 1 aromatic rings. The predicted octanol–water partition coefficient (Wildman–Crippen LogP) is 1.67. The Morgan fingerprint density at radius 3 is 2.54 bits per heavy atom. The summed E-state index contributed by atoms with van der Waals surface area (Å²) in [5, 5.41) is 10.4. The number of ether oxygens (including phenoxy) is 4. The van der Waals surface area contributed by atoms with E-state index in [0.717, 1.165) is 5.56 Å². The minimum absolute atomic E-state index is 0.0958. The van der Waals surface area contributed by atoms with Crippen molar-refractivity contribution < 1.29 is 28.8 Å². The van der Waals surface area contributed by atoms with Gasteiger partial charge in [-0.1, -0.05) is 44.2 Å². The molecule has 2 fully saturated rings. The molecule has 3 rings (SSSR count).